The van der Waals surface area contributed by atoms with Crippen molar-refractivity contribution < 1.29 is 18.8 Å². The topological polar surface area (TPSA) is 56.8 Å². The lowest BCUT2D eigenvalue weighted by Gasteiger charge is -2.32. The van der Waals surface area contributed by atoms with Gasteiger partial charge in [0.25, 0.3) is 5.91 Å². The van der Waals surface area contributed by atoms with E-state index in [1.165, 1.54) is 0 Å². The zero-order chi connectivity index (χ0) is 17.0. The summed E-state index contributed by atoms with van der Waals surface area (Å²) in [5.74, 6) is 0.493. The highest BCUT2D eigenvalue weighted by Crippen LogP contribution is 2.37. The maximum Gasteiger partial charge on any atom is 0.495 e. The Labute approximate surface area is 137 Å². The molecule has 1 N–H and O–H groups in total. The van der Waals surface area contributed by atoms with Gasteiger partial charge >= 0.3 is 7.12 Å². The molecule has 0 aromatic heterocycles. The lowest BCUT2D eigenvalue weighted by Crippen LogP contribution is -2.41. The summed E-state index contributed by atoms with van der Waals surface area (Å²) < 4.78 is 18.0. The number of ether oxygens (including phenoxy) is 1. The summed E-state index contributed by atoms with van der Waals surface area (Å²) in [6.07, 6.45) is 0. The van der Waals surface area contributed by atoms with Crippen molar-refractivity contribution in [2.45, 2.75) is 58.8 Å². The van der Waals surface area contributed by atoms with Crippen LogP contribution >= 0.6 is 0 Å². The number of hydrogen-bond donors (Lipinski definition) is 1. The Kier molecular flexibility index (Phi) is 3.73. The summed E-state index contributed by atoms with van der Waals surface area (Å²) in [4.78, 5) is 12.4. The molecule has 6 heteroatoms. The van der Waals surface area contributed by atoms with Gasteiger partial charge in [-0.1, -0.05) is 0 Å². The van der Waals surface area contributed by atoms with Crippen LogP contribution in [0.5, 0.6) is 5.75 Å². The summed E-state index contributed by atoms with van der Waals surface area (Å²) >= 11 is 0. The Morgan fingerprint density at radius 1 is 1.17 bits per heavy atom. The number of amides is 1. The predicted molar refractivity (Wildman–Crippen MR) is 89.3 cm³/mol. The monoisotopic (exact) mass is 317 g/mol. The Hall–Kier alpha value is -1.53. The van der Waals surface area contributed by atoms with Crippen molar-refractivity contribution in [1.82, 2.24) is 5.32 Å². The summed E-state index contributed by atoms with van der Waals surface area (Å²) in [7, 11) is -0.487. The first-order valence-corrected chi connectivity index (χ1v) is 8.04. The third-order valence-corrected chi connectivity index (χ3v) is 4.99. The second-order valence-electron chi connectivity index (χ2n) is 7.48. The molecule has 1 fully saturated rings. The lowest BCUT2D eigenvalue weighted by atomic mass is 9.75. The normalized spacial score (nSPS) is 25.4. The molecule has 1 saturated heterocycles. The molecule has 0 unspecified atom stereocenters. The van der Waals surface area contributed by atoms with E-state index < -0.39 is 18.3 Å². The van der Waals surface area contributed by atoms with Gasteiger partial charge in [0.05, 0.1) is 22.8 Å². The van der Waals surface area contributed by atoms with Crippen LogP contribution in [-0.4, -0.2) is 36.9 Å². The number of hydrogen-bond acceptors (Lipinski definition) is 4. The number of carbonyl (C=O) groups is 1. The average Bonchev–Trinajstić information content (AvgIpc) is 2.55. The van der Waals surface area contributed by atoms with Crippen LogP contribution in [0, 0.1) is 6.92 Å². The van der Waals surface area contributed by atoms with Gasteiger partial charge in [0.1, 0.15) is 12.4 Å². The van der Waals surface area contributed by atoms with Crippen molar-refractivity contribution in [1.29, 1.82) is 0 Å². The minimum absolute atomic E-state index is 0.0181. The van der Waals surface area contributed by atoms with Crippen LogP contribution in [0.4, 0.5) is 0 Å². The van der Waals surface area contributed by atoms with Gasteiger partial charge in [0.15, 0.2) is 0 Å². The van der Waals surface area contributed by atoms with Crippen molar-refractivity contribution in [2.75, 3.05) is 6.61 Å². The summed E-state index contributed by atoms with van der Waals surface area (Å²) in [6.45, 7) is 12.4. The maximum atomic E-state index is 12.4. The third kappa shape index (κ3) is 2.74. The van der Waals surface area contributed by atoms with Crippen molar-refractivity contribution in [2.24, 2.45) is 0 Å². The predicted octanol–water partition coefficient (Wildman–Crippen LogP) is 1.80. The van der Waals surface area contributed by atoms with Crippen molar-refractivity contribution in [3.63, 3.8) is 0 Å². The number of aryl methyl sites for hydroxylation is 1. The van der Waals surface area contributed by atoms with Crippen molar-refractivity contribution in [3.05, 3.63) is 23.3 Å². The fourth-order valence-electron chi connectivity index (χ4n) is 2.78. The van der Waals surface area contributed by atoms with Gasteiger partial charge < -0.3 is 19.4 Å². The molecule has 1 aromatic carbocycles. The Bertz CT molecular complexity index is 640. The van der Waals surface area contributed by atoms with Gasteiger partial charge in [0.2, 0.25) is 0 Å². The first-order valence-electron chi connectivity index (χ1n) is 8.04. The molecule has 0 saturated carbocycles. The second kappa shape index (κ2) is 5.25. The average molecular weight is 317 g/mol. The highest BCUT2D eigenvalue weighted by molar-refractivity contribution is 6.62. The van der Waals surface area contributed by atoms with Gasteiger partial charge in [-0.25, -0.2) is 0 Å². The van der Waals surface area contributed by atoms with Gasteiger partial charge in [-0.2, -0.15) is 0 Å². The Morgan fingerprint density at radius 3 is 2.39 bits per heavy atom. The van der Waals surface area contributed by atoms with E-state index in [1.54, 1.807) is 0 Å². The number of benzene rings is 1. The van der Waals surface area contributed by atoms with Crippen LogP contribution in [-0.2, 0) is 9.31 Å². The minimum atomic E-state index is -0.487. The van der Waals surface area contributed by atoms with Crippen molar-refractivity contribution >= 4 is 18.5 Å². The van der Waals surface area contributed by atoms with Crippen LogP contribution < -0.4 is 15.5 Å². The van der Waals surface area contributed by atoms with Crippen LogP contribution in [0.1, 0.15) is 50.5 Å². The van der Waals surface area contributed by atoms with Gasteiger partial charge in [-0.05, 0) is 64.7 Å². The Morgan fingerprint density at radius 2 is 1.78 bits per heavy atom. The lowest BCUT2D eigenvalue weighted by molar-refractivity contribution is 0.00578. The van der Waals surface area contributed by atoms with Gasteiger partial charge in [-0.3, -0.25) is 4.79 Å². The van der Waals surface area contributed by atoms with Gasteiger partial charge in [-0.15, -0.1) is 0 Å². The quantitative estimate of drug-likeness (QED) is 0.803. The molecule has 2 aliphatic heterocycles. The van der Waals surface area contributed by atoms with Gasteiger partial charge in [0, 0.05) is 0 Å². The number of carbonyl (C=O) groups excluding carboxylic acids is 1. The van der Waals surface area contributed by atoms with E-state index in [4.69, 9.17) is 14.0 Å². The molecule has 0 bridgehead atoms. The van der Waals surface area contributed by atoms with E-state index in [9.17, 15) is 4.79 Å². The minimum Gasteiger partial charge on any atom is -0.491 e. The summed E-state index contributed by atoms with van der Waals surface area (Å²) in [5, 5.41) is 2.92. The van der Waals surface area contributed by atoms with Crippen molar-refractivity contribution in [3.8, 4) is 5.75 Å². The molecule has 1 atom stereocenters. The summed E-state index contributed by atoms with van der Waals surface area (Å²) in [5.41, 5.74) is 1.57. The zero-order valence-corrected chi connectivity index (χ0v) is 14.6. The van der Waals surface area contributed by atoms with E-state index in [1.807, 2.05) is 53.7 Å². The molecule has 1 aromatic rings. The van der Waals surface area contributed by atoms with Crippen LogP contribution in [0.15, 0.2) is 12.1 Å². The fourth-order valence-corrected chi connectivity index (χ4v) is 2.78. The molecule has 124 valence electrons. The molecule has 2 aliphatic rings. The Balaban J connectivity index is 2.00. The summed E-state index contributed by atoms with van der Waals surface area (Å²) in [6, 6.07) is 3.71. The first-order chi connectivity index (χ1) is 10.6. The van der Waals surface area contributed by atoms with E-state index in [0.717, 1.165) is 11.0 Å². The SMILES string of the molecule is Cc1cc2c(cc1B1OC(C)(C)C(C)(C)O1)C(=O)N[C@H](C)CO2. The smallest absolute Gasteiger partial charge is 0.491 e. The molecule has 0 radical (unpaired) electrons. The number of nitrogens with one attached hydrogen (secondary N) is 1. The molecule has 2 heterocycles. The maximum absolute atomic E-state index is 12.4. The van der Waals surface area contributed by atoms with Crippen LogP contribution in [0.2, 0.25) is 0 Å². The molecular weight excluding hydrogens is 293 g/mol. The first kappa shape index (κ1) is 16.3. The molecular formula is C17H24BNO4. The zero-order valence-electron chi connectivity index (χ0n) is 14.6. The molecule has 23 heavy (non-hydrogen) atoms. The standard InChI is InChI=1S/C17H24BNO4/c1-10-7-14-12(15(20)19-11(2)9-21-14)8-13(10)18-22-16(3,4)17(5,6)23-18/h7-8,11H,9H2,1-6H3,(H,19,20)/t11-/m1/s1. The number of fused-ring (bicyclic) bond motifs is 1. The molecule has 0 aliphatic carbocycles. The molecule has 1 amide bonds. The van der Waals surface area contributed by atoms with E-state index >= 15 is 0 Å². The second-order valence-corrected chi connectivity index (χ2v) is 7.48. The van der Waals surface area contributed by atoms with Crippen LogP contribution in [0.3, 0.4) is 0 Å². The highest BCUT2D eigenvalue weighted by atomic mass is 16.7. The molecule has 0 spiro atoms. The van der Waals surface area contributed by atoms with E-state index in [0.29, 0.717) is 17.9 Å². The fraction of sp³-hybridized carbons (Fsp3) is 0.588. The number of rotatable bonds is 1. The van der Waals surface area contributed by atoms with E-state index in [2.05, 4.69) is 5.32 Å². The van der Waals surface area contributed by atoms with E-state index in [-0.39, 0.29) is 11.9 Å². The molecule has 5 nitrogen and oxygen atoms in total. The van der Waals surface area contributed by atoms with Crippen LogP contribution in [0.25, 0.3) is 0 Å². The molecule has 3 rings (SSSR count). The third-order valence-electron chi connectivity index (χ3n) is 4.99. The highest BCUT2D eigenvalue weighted by Gasteiger charge is 2.52. The largest absolute Gasteiger partial charge is 0.495 e.